The van der Waals surface area contributed by atoms with E-state index >= 15 is 4.39 Å². The third-order valence-corrected chi connectivity index (χ3v) is 8.59. The number of carbonyl (C=O) groups excluding carboxylic acids is 1. The van der Waals surface area contributed by atoms with Crippen molar-refractivity contribution >= 4 is 33.1 Å². The number of pyridine rings is 2. The second kappa shape index (κ2) is 11.8. The van der Waals surface area contributed by atoms with Crippen molar-refractivity contribution < 1.29 is 23.4 Å². The summed E-state index contributed by atoms with van der Waals surface area (Å²) in [5.41, 5.74) is 3.49. The highest BCUT2D eigenvalue weighted by molar-refractivity contribution is 7.18. The molecule has 0 spiro atoms. The van der Waals surface area contributed by atoms with Crippen LogP contribution in [-0.2, 0) is 11.3 Å². The molecule has 1 aliphatic heterocycles. The van der Waals surface area contributed by atoms with Gasteiger partial charge < -0.3 is 19.6 Å². The second-order valence-corrected chi connectivity index (χ2v) is 11.5. The van der Waals surface area contributed by atoms with E-state index in [1.165, 1.54) is 17.4 Å². The Hall–Kier alpha value is -4.68. The topological polar surface area (TPSA) is 96.6 Å². The maximum atomic E-state index is 15.9. The fourth-order valence-corrected chi connectivity index (χ4v) is 6.52. The van der Waals surface area contributed by atoms with Gasteiger partial charge in [0, 0.05) is 60.2 Å². The van der Waals surface area contributed by atoms with Crippen LogP contribution in [0.4, 0.5) is 14.6 Å². The molecular formula is C32H30F2N6O3S. The Morgan fingerprint density at radius 2 is 2.00 bits per heavy atom. The molecule has 4 aromatic heterocycles. The number of halogens is 2. The third-order valence-electron chi connectivity index (χ3n) is 7.66. The minimum absolute atomic E-state index is 0.0209. The molecule has 0 unspecified atom stereocenters. The molecule has 0 aliphatic carbocycles. The molecule has 1 N–H and O–H groups in total. The molecule has 1 aliphatic rings. The van der Waals surface area contributed by atoms with E-state index < -0.39 is 11.6 Å². The van der Waals surface area contributed by atoms with Gasteiger partial charge in [-0.1, -0.05) is 6.58 Å². The first-order valence-electron chi connectivity index (χ1n) is 14.0. The van der Waals surface area contributed by atoms with Crippen LogP contribution in [0.2, 0.25) is 0 Å². The smallest absolute Gasteiger partial charge is 0.246 e. The molecule has 44 heavy (non-hydrogen) atoms. The van der Waals surface area contributed by atoms with E-state index in [9.17, 15) is 14.3 Å². The van der Waals surface area contributed by atoms with Gasteiger partial charge in [0.05, 0.1) is 36.1 Å². The number of aromatic nitrogens is 4. The molecule has 0 fully saturated rings. The maximum Gasteiger partial charge on any atom is 0.246 e. The average molecular weight is 617 g/mol. The minimum Gasteiger partial charge on any atom is -0.490 e. The van der Waals surface area contributed by atoms with Crippen molar-refractivity contribution in [1.82, 2.24) is 24.6 Å². The number of benzene rings is 1. The van der Waals surface area contributed by atoms with Gasteiger partial charge in [-0.3, -0.25) is 9.48 Å². The molecule has 5 heterocycles. The summed E-state index contributed by atoms with van der Waals surface area (Å²) < 4.78 is 38.6. The number of carbonyl (C=O) groups is 1. The maximum absolute atomic E-state index is 15.9. The van der Waals surface area contributed by atoms with Gasteiger partial charge >= 0.3 is 0 Å². The number of aliphatic hydroxyl groups excluding tert-OH is 1. The molecule has 1 amide bonds. The lowest BCUT2D eigenvalue weighted by Gasteiger charge is -2.33. The molecule has 0 saturated carbocycles. The number of hydrogen-bond acceptors (Lipinski definition) is 8. The largest absolute Gasteiger partial charge is 0.490 e. The van der Waals surface area contributed by atoms with Crippen LogP contribution in [0.5, 0.6) is 5.75 Å². The van der Waals surface area contributed by atoms with Gasteiger partial charge in [-0.2, -0.15) is 5.10 Å². The zero-order chi connectivity index (χ0) is 31.1. The van der Waals surface area contributed by atoms with Crippen LogP contribution in [0.1, 0.15) is 18.7 Å². The summed E-state index contributed by atoms with van der Waals surface area (Å²) >= 11 is 1.40. The van der Waals surface area contributed by atoms with Crippen LogP contribution in [0, 0.1) is 11.6 Å². The molecule has 1 atom stereocenters. The monoisotopic (exact) mass is 616 g/mol. The third kappa shape index (κ3) is 5.09. The van der Waals surface area contributed by atoms with Crippen molar-refractivity contribution in [2.24, 2.45) is 0 Å². The standard InChI is InChI=1S/C32H30F2N6O3S/c1-5-27(42)39-9-10-40-24(18(39)2)17-23(37-40)31-29(28-22(34)15-20(33)16-25(28)43-12-11-41)32-21(7-13-44-32)30(36-31)19-6-8-35-26(14-19)38(3)4/h5-8,13-18,41H,1,9-12H2,2-4H3/t18-/m1/s1. The predicted molar refractivity (Wildman–Crippen MR) is 167 cm³/mol. The van der Waals surface area contributed by atoms with Crippen LogP contribution >= 0.6 is 11.3 Å². The molecule has 6 rings (SSSR count). The first-order valence-corrected chi connectivity index (χ1v) is 14.9. The normalized spacial score (nSPS) is 14.5. The second-order valence-electron chi connectivity index (χ2n) is 10.6. The molecule has 226 valence electrons. The van der Waals surface area contributed by atoms with E-state index in [1.807, 2.05) is 60.2 Å². The number of amides is 1. The van der Waals surface area contributed by atoms with E-state index in [0.29, 0.717) is 40.4 Å². The van der Waals surface area contributed by atoms with Gasteiger partial charge in [-0.05, 0) is 42.6 Å². The zero-order valence-electron chi connectivity index (χ0n) is 24.4. The molecule has 0 saturated heterocycles. The Morgan fingerprint density at radius 1 is 1.18 bits per heavy atom. The number of aliphatic hydroxyl groups is 1. The van der Waals surface area contributed by atoms with Crippen LogP contribution in [0.25, 0.3) is 43.9 Å². The molecule has 0 bridgehead atoms. The lowest BCUT2D eigenvalue weighted by atomic mass is 9.96. The molecule has 5 aromatic rings. The Bertz CT molecular complexity index is 1900. The van der Waals surface area contributed by atoms with Crippen molar-refractivity contribution in [2.45, 2.75) is 19.5 Å². The summed E-state index contributed by atoms with van der Waals surface area (Å²) in [5.74, 6) is -1.14. The van der Waals surface area contributed by atoms with E-state index in [1.54, 1.807) is 11.1 Å². The van der Waals surface area contributed by atoms with Gasteiger partial charge in [0.15, 0.2) is 0 Å². The SMILES string of the molecule is C=CC(=O)N1CCn2nc(-c3nc(-c4ccnc(N(C)C)c4)c4ccsc4c3-c3c(F)cc(F)cc3OCCO)cc2[C@H]1C. The quantitative estimate of drug-likeness (QED) is 0.224. The fourth-order valence-electron chi connectivity index (χ4n) is 5.57. The molecule has 0 radical (unpaired) electrons. The first kappa shape index (κ1) is 29.4. The van der Waals surface area contributed by atoms with Crippen molar-refractivity contribution in [3.63, 3.8) is 0 Å². The Labute approximate surface area is 256 Å². The van der Waals surface area contributed by atoms with E-state index in [4.69, 9.17) is 14.8 Å². The first-order chi connectivity index (χ1) is 21.2. The van der Waals surface area contributed by atoms with Crippen LogP contribution in [0.3, 0.4) is 0 Å². The van der Waals surface area contributed by atoms with Gasteiger partial charge in [-0.25, -0.2) is 18.7 Å². The summed E-state index contributed by atoms with van der Waals surface area (Å²) in [5, 5.41) is 17.0. The van der Waals surface area contributed by atoms with E-state index in [-0.39, 0.29) is 36.5 Å². The Morgan fingerprint density at radius 3 is 2.75 bits per heavy atom. The number of nitrogens with zero attached hydrogens (tertiary/aromatic N) is 6. The van der Waals surface area contributed by atoms with E-state index in [0.717, 1.165) is 34.6 Å². The number of ether oxygens (including phenoxy) is 1. The summed E-state index contributed by atoms with van der Waals surface area (Å²) in [4.78, 5) is 25.7. The number of thiophene rings is 1. The Kier molecular flexibility index (Phi) is 7.87. The lowest BCUT2D eigenvalue weighted by molar-refractivity contribution is -0.129. The summed E-state index contributed by atoms with van der Waals surface area (Å²) in [6, 6.07) is 9.19. The fraction of sp³-hybridized carbons (Fsp3) is 0.250. The van der Waals surface area contributed by atoms with E-state index in [2.05, 4.69) is 11.6 Å². The summed E-state index contributed by atoms with van der Waals surface area (Å²) in [7, 11) is 3.80. The van der Waals surface area contributed by atoms with Crippen molar-refractivity contribution in [3.05, 3.63) is 78.0 Å². The van der Waals surface area contributed by atoms with Crippen LogP contribution in [0.15, 0.2) is 60.6 Å². The van der Waals surface area contributed by atoms with Gasteiger partial charge in [0.2, 0.25) is 5.91 Å². The molecular weight excluding hydrogens is 586 g/mol. The summed E-state index contributed by atoms with van der Waals surface area (Å²) in [6.45, 7) is 5.96. The Balaban J connectivity index is 1.65. The summed E-state index contributed by atoms with van der Waals surface area (Å²) in [6.07, 6.45) is 3.00. The van der Waals surface area contributed by atoms with Crippen LogP contribution in [-0.4, -0.2) is 69.5 Å². The van der Waals surface area contributed by atoms with Gasteiger partial charge in [-0.15, -0.1) is 11.3 Å². The van der Waals surface area contributed by atoms with Crippen molar-refractivity contribution in [2.75, 3.05) is 38.8 Å². The van der Waals surface area contributed by atoms with Crippen molar-refractivity contribution in [1.29, 1.82) is 0 Å². The molecule has 12 heteroatoms. The number of anilines is 1. The number of hydrogen-bond donors (Lipinski definition) is 1. The predicted octanol–water partition coefficient (Wildman–Crippen LogP) is 5.69. The number of fused-ring (bicyclic) bond motifs is 2. The lowest BCUT2D eigenvalue weighted by Crippen LogP contribution is -2.40. The highest BCUT2D eigenvalue weighted by Gasteiger charge is 2.31. The minimum atomic E-state index is -0.831. The highest BCUT2D eigenvalue weighted by atomic mass is 32.1. The van der Waals surface area contributed by atoms with Crippen LogP contribution < -0.4 is 9.64 Å². The van der Waals surface area contributed by atoms with Crippen molar-refractivity contribution in [3.8, 4) is 39.5 Å². The highest BCUT2D eigenvalue weighted by Crippen LogP contribution is 2.47. The van der Waals surface area contributed by atoms with Gasteiger partial charge in [0.1, 0.15) is 41.2 Å². The number of rotatable bonds is 8. The molecule has 9 nitrogen and oxygen atoms in total. The zero-order valence-corrected chi connectivity index (χ0v) is 25.2. The average Bonchev–Trinajstić information content (AvgIpc) is 3.68. The van der Waals surface area contributed by atoms with Gasteiger partial charge in [0.25, 0.3) is 0 Å². The molecule has 1 aromatic carbocycles.